The van der Waals surface area contributed by atoms with Gasteiger partial charge in [-0.2, -0.15) is 0 Å². The highest BCUT2D eigenvalue weighted by Crippen LogP contribution is 2.36. The van der Waals surface area contributed by atoms with Crippen molar-refractivity contribution in [3.05, 3.63) is 95.9 Å². The maximum Gasteiger partial charge on any atom is 0.344 e. The number of fused-ring (bicyclic) bond motifs is 1. The molecule has 12 heteroatoms. The van der Waals surface area contributed by atoms with Gasteiger partial charge in [-0.3, -0.25) is 4.98 Å². The Kier molecular flexibility index (Phi) is 8.64. The number of hydrogen-bond donors (Lipinski definition) is 0. The number of benzene rings is 3. The predicted octanol–water partition coefficient (Wildman–Crippen LogP) is 5.84. The van der Waals surface area contributed by atoms with E-state index < -0.39 is 28.4 Å². The SMILES string of the molecule is CCOC(=O)COc1cc(F)ccc1-c1nccc2cc(S(=O)(=O)N(Cc3ccc(OC)cc3)c3nccs3)ccc12. The van der Waals surface area contributed by atoms with Crippen molar-refractivity contribution in [1.82, 2.24) is 9.97 Å². The van der Waals surface area contributed by atoms with Crippen molar-refractivity contribution in [2.75, 3.05) is 24.6 Å². The molecule has 9 nitrogen and oxygen atoms in total. The van der Waals surface area contributed by atoms with Crippen molar-refractivity contribution in [3.8, 4) is 22.8 Å². The van der Waals surface area contributed by atoms with Crippen LogP contribution in [-0.4, -0.2) is 44.7 Å². The third-order valence-electron chi connectivity index (χ3n) is 6.29. The van der Waals surface area contributed by atoms with Crippen molar-refractivity contribution in [2.45, 2.75) is 18.4 Å². The van der Waals surface area contributed by atoms with E-state index in [9.17, 15) is 17.6 Å². The number of hydrogen-bond acceptors (Lipinski definition) is 9. The number of thiazole rings is 1. The predicted molar refractivity (Wildman–Crippen MR) is 158 cm³/mol. The first kappa shape index (κ1) is 29.0. The Bertz CT molecular complexity index is 1810. The number of ether oxygens (including phenoxy) is 3. The van der Waals surface area contributed by atoms with Crippen molar-refractivity contribution in [3.63, 3.8) is 0 Å². The molecule has 0 N–H and O–H groups in total. The molecule has 0 bridgehead atoms. The molecule has 0 radical (unpaired) electrons. The van der Waals surface area contributed by atoms with Crippen LogP contribution in [0.2, 0.25) is 0 Å². The van der Waals surface area contributed by atoms with E-state index in [1.54, 1.807) is 68.1 Å². The van der Waals surface area contributed by atoms with E-state index >= 15 is 0 Å². The van der Waals surface area contributed by atoms with Crippen LogP contribution in [-0.2, 0) is 26.1 Å². The molecule has 0 aliphatic rings. The van der Waals surface area contributed by atoms with Gasteiger partial charge in [0.2, 0.25) is 0 Å². The fraction of sp³-hybridized carbons (Fsp3) is 0.167. The molecule has 216 valence electrons. The van der Waals surface area contributed by atoms with Crippen molar-refractivity contribution in [2.24, 2.45) is 0 Å². The average Bonchev–Trinajstić information content (AvgIpc) is 3.53. The fourth-order valence-corrected chi connectivity index (χ4v) is 6.61. The number of aromatic nitrogens is 2. The molecule has 0 amide bonds. The van der Waals surface area contributed by atoms with Crippen molar-refractivity contribution >= 4 is 43.2 Å². The molecule has 2 heterocycles. The van der Waals surface area contributed by atoms with E-state index in [0.29, 0.717) is 32.9 Å². The highest BCUT2D eigenvalue weighted by atomic mass is 32.2. The van der Waals surface area contributed by atoms with E-state index in [2.05, 4.69) is 9.97 Å². The van der Waals surface area contributed by atoms with Crippen molar-refractivity contribution < 1.29 is 31.8 Å². The minimum Gasteiger partial charge on any atom is -0.497 e. The van der Waals surface area contributed by atoms with Crippen molar-refractivity contribution in [1.29, 1.82) is 0 Å². The van der Waals surface area contributed by atoms with Gasteiger partial charge in [0.15, 0.2) is 11.7 Å². The van der Waals surface area contributed by atoms with Gasteiger partial charge in [-0.25, -0.2) is 26.9 Å². The van der Waals surface area contributed by atoms with Gasteiger partial charge in [0.25, 0.3) is 10.0 Å². The van der Waals surface area contributed by atoms with Gasteiger partial charge in [0.1, 0.15) is 17.3 Å². The maximum absolute atomic E-state index is 14.1. The lowest BCUT2D eigenvalue weighted by molar-refractivity contribution is -0.145. The second-order valence-corrected chi connectivity index (χ2v) is 11.7. The number of halogens is 1. The maximum atomic E-state index is 14.1. The van der Waals surface area contributed by atoms with E-state index in [-0.39, 0.29) is 23.8 Å². The van der Waals surface area contributed by atoms with Crippen LogP contribution in [0.1, 0.15) is 12.5 Å². The van der Waals surface area contributed by atoms with Crippen LogP contribution in [0.5, 0.6) is 11.5 Å². The van der Waals surface area contributed by atoms with Gasteiger partial charge in [0, 0.05) is 34.8 Å². The summed E-state index contributed by atoms with van der Waals surface area (Å²) in [4.78, 5) is 20.7. The minimum atomic E-state index is -4.04. The van der Waals surface area contributed by atoms with Crippen LogP contribution in [0.4, 0.5) is 9.52 Å². The zero-order chi connectivity index (χ0) is 29.7. The van der Waals surface area contributed by atoms with Crippen LogP contribution >= 0.6 is 11.3 Å². The molecule has 0 saturated heterocycles. The van der Waals surface area contributed by atoms with Crippen LogP contribution in [0.25, 0.3) is 22.0 Å². The lowest BCUT2D eigenvalue weighted by atomic mass is 10.0. The van der Waals surface area contributed by atoms with Gasteiger partial charge in [-0.1, -0.05) is 18.2 Å². The average molecular weight is 608 g/mol. The smallest absolute Gasteiger partial charge is 0.344 e. The van der Waals surface area contributed by atoms with Crippen LogP contribution in [0.15, 0.2) is 89.4 Å². The Morgan fingerprint density at radius 2 is 1.81 bits per heavy atom. The largest absolute Gasteiger partial charge is 0.497 e. The molecule has 0 fully saturated rings. The molecule has 0 atom stereocenters. The van der Waals surface area contributed by atoms with E-state index in [4.69, 9.17) is 14.2 Å². The summed E-state index contributed by atoms with van der Waals surface area (Å²) >= 11 is 1.22. The lowest BCUT2D eigenvalue weighted by Gasteiger charge is -2.22. The molecule has 0 aliphatic heterocycles. The first-order valence-electron chi connectivity index (χ1n) is 12.8. The number of carbonyl (C=O) groups excluding carboxylic acids is 1. The van der Waals surface area contributed by atoms with Crippen LogP contribution in [0.3, 0.4) is 0 Å². The molecular weight excluding hydrogens is 581 g/mol. The Morgan fingerprint density at radius 3 is 2.52 bits per heavy atom. The molecule has 5 aromatic rings. The Morgan fingerprint density at radius 1 is 1.00 bits per heavy atom. The monoisotopic (exact) mass is 607 g/mol. The number of nitrogens with zero attached hydrogens (tertiary/aromatic N) is 3. The minimum absolute atomic E-state index is 0.0637. The molecule has 5 rings (SSSR count). The highest BCUT2D eigenvalue weighted by Gasteiger charge is 2.28. The molecule has 3 aromatic carbocycles. The Hall–Kier alpha value is -4.55. The quantitative estimate of drug-likeness (QED) is 0.172. The number of anilines is 1. The normalized spacial score (nSPS) is 11.3. The summed E-state index contributed by atoms with van der Waals surface area (Å²) in [5.74, 6) is -0.371. The van der Waals surface area contributed by atoms with Gasteiger partial charge < -0.3 is 14.2 Å². The van der Waals surface area contributed by atoms with Gasteiger partial charge in [-0.05, 0) is 60.3 Å². The van der Waals surface area contributed by atoms with Gasteiger partial charge in [0.05, 0.1) is 30.9 Å². The standard InChI is InChI=1S/C30H26FN3O6S2/c1-3-39-28(35)19-40-27-17-22(31)6-10-26(27)29-25-11-9-24(16-21(25)12-13-32-29)42(36,37)34(30-33-14-15-41-30)18-20-4-7-23(38-2)8-5-20/h4-17H,3,18-19H2,1-2H3. The fourth-order valence-electron chi connectivity index (χ4n) is 4.30. The third-order valence-corrected chi connectivity index (χ3v) is 8.93. The zero-order valence-electron chi connectivity index (χ0n) is 22.7. The zero-order valence-corrected chi connectivity index (χ0v) is 24.3. The summed E-state index contributed by atoms with van der Waals surface area (Å²) in [6, 6.07) is 17.5. The number of carbonyl (C=O) groups is 1. The molecule has 42 heavy (non-hydrogen) atoms. The molecule has 0 aliphatic carbocycles. The van der Waals surface area contributed by atoms with E-state index in [1.807, 2.05) is 0 Å². The van der Waals surface area contributed by atoms with Gasteiger partial charge in [-0.15, -0.1) is 11.3 Å². The lowest BCUT2D eigenvalue weighted by Crippen LogP contribution is -2.30. The number of sulfonamides is 1. The van der Waals surface area contributed by atoms with Crippen LogP contribution < -0.4 is 13.8 Å². The third kappa shape index (κ3) is 6.19. The summed E-state index contributed by atoms with van der Waals surface area (Å²) in [5.41, 5.74) is 1.63. The van der Waals surface area contributed by atoms with Crippen LogP contribution in [0, 0.1) is 5.82 Å². The van der Waals surface area contributed by atoms with Gasteiger partial charge >= 0.3 is 5.97 Å². The summed E-state index contributed by atoms with van der Waals surface area (Å²) < 4.78 is 59.1. The molecule has 0 unspecified atom stereocenters. The number of esters is 1. The second kappa shape index (κ2) is 12.5. The van der Waals surface area contributed by atoms with E-state index in [0.717, 1.165) is 5.56 Å². The topological polar surface area (TPSA) is 108 Å². The summed E-state index contributed by atoms with van der Waals surface area (Å²) in [7, 11) is -2.48. The first-order chi connectivity index (χ1) is 20.3. The summed E-state index contributed by atoms with van der Waals surface area (Å²) in [6.07, 6.45) is 3.08. The molecule has 2 aromatic heterocycles. The Labute approximate surface area is 246 Å². The number of methoxy groups -OCH3 is 1. The van der Waals surface area contributed by atoms with E-state index in [1.165, 1.54) is 46.1 Å². The Balaban J connectivity index is 1.52. The molecule has 0 spiro atoms. The molecular formula is C30H26FN3O6S2. The first-order valence-corrected chi connectivity index (χ1v) is 15.1. The highest BCUT2D eigenvalue weighted by molar-refractivity contribution is 7.93. The summed E-state index contributed by atoms with van der Waals surface area (Å²) in [5, 5.41) is 3.25. The molecule has 0 saturated carbocycles. The summed E-state index contributed by atoms with van der Waals surface area (Å²) in [6.45, 7) is 1.53. The number of pyridine rings is 1. The second-order valence-electron chi connectivity index (χ2n) is 8.95. The number of rotatable bonds is 11.